The Hall–Kier alpha value is -1.55. The molecule has 1 aromatic carbocycles. The number of aliphatic hydroxyl groups excluding tert-OH is 1. The van der Waals surface area contributed by atoms with Crippen molar-refractivity contribution in [3.8, 4) is 5.75 Å². The highest BCUT2D eigenvalue weighted by molar-refractivity contribution is 5.77. The van der Waals surface area contributed by atoms with Gasteiger partial charge in [-0.3, -0.25) is 4.79 Å². The van der Waals surface area contributed by atoms with Gasteiger partial charge in [-0.1, -0.05) is 26.0 Å². The first-order valence-electron chi connectivity index (χ1n) is 7.60. The maximum atomic E-state index is 12.0. The van der Waals surface area contributed by atoms with Crippen LogP contribution in [0.5, 0.6) is 5.75 Å². The molecule has 0 bridgehead atoms. The van der Waals surface area contributed by atoms with E-state index in [1.165, 1.54) is 5.56 Å². The minimum Gasteiger partial charge on any atom is -0.484 e. The second kappa shape index (κ2) is 6.94. The van der Waals surface area contributed by atoms with Crippen LogP contribution in [0, 0.1) is 5.92 Å². The minimum atomic E-state index is -0.172. The quantitative estimate of drug-likeness (QED) is 0.875. The summed E-state index contributed by atoms with van der Waals surface area (Å²) in [7, 11) is 1.79. The number of likely N-dealkylation sites (N-methyl/N-ethyl adjacent to an activating group) is 1. The summed E-state index contributed by atoms with van der Waals surface area (Å²) in [6.07, 6.45) is 1.43. The Kier molecular flexibility index (Phi) is 5.23. The molecule has 1 fully saturated rings. The average Bonchev–Trinajstić information content (AvgIpc) is 2.43. The molecule has 1 aliphatic carbocycles. The van der Waals surface area contributed by atoms with E-state index < -0.39 is 0 Å². The van der Waals surface area contributed by atoms with Crippen molar-refractivity contribution in [3.05, 3.63) is 29.8 Å². The first-order chi connectivity index (χ1) is 9.95. The highest BCUT2D eigenvalue weighted by atomic mass is 16.5. The molecule has 1 aliphatic rings. The van der Waals surface area contributed by atoms with Gasteiger partial charge in [-0.2, -0.15) is 0 Å². The van der Waals surface area contributed by atoms with Crippen molar-refractivity contribution in [2.24, 2.45) is 5.92 Å². The summed E-state index contributed by atoms with van der Waals surface area (Å²) in [5, 5.41) is 9.26. The number of hydrogen-bond donors (Lipinski definition) is 1. The average molecular weight is 291 g/mol. The molecule has 0 aliphatic heterocycles. The third kappa shape index (κ3) is 4.46. The van der Waals surface area contributed by atoms with Crippen molar-refractivity contribution in [3.63, 3.8) is 0 Å². The van der Waals surface area contributed by atoms with Crippen molar-refractivity contribution < 1.29 is 14.6 Å². The van der Waals surface area contributed by atoms with Crippen molar-refractivity contribution >= 4 is 5.91 Å². The number of rotatable bonds is 6. The number of carbonyl (C=O) groups is 1. The Bertz CT molecular complexity index is 463. The van der Waals surface area contributed by atoms with Crippen LogP contribution in [-0.4, -0.2) is 42.2 Å². The van der Waals surface area contributed by atoms with E-state index >= 15 is 0 Å². The lowest BCUT2D eigenvalue weighted by molar-refractivity contribution is -0.133. The van der Waals surface area contributed by atoms with Gasteiger partial charge in [0.1, 0.15) is 5.75 Å². The number of hydrogen-bond acceptors (Lipinski definition) is 3. The van der Waals surface area contributed by atoms with Crippen molar-refractivity contribution in [2.75, 3.05) is 20.2 Å². The molecule has 4 nitrogen and oxygen atoms in total. The summed E-state index contributed by atoms with van der Waals surface area (Å²) in [5.74, 6) is 1.62. The van der Waals surface area contributed by atoms with Gasteiger partial charge in [0, 0.05) is 13.6 Å². The third-order valence-corrected chi connectivity index (χ3v) is 4.08. The number of ether oxygens (including phenoxy) is 1. The Balaban J connectivity index is 1.75. The largest absolute Gasteiger partial charge is 0.484 e. The summed E-state index contributed by atoms with van der Waals surface area (Å²) in [6.45, 7) is 5.05. The van der Waals surface area contributed by atoms with E-state index in [2.05, 4.69) is 13.8 Å². The van der Waals surface area contributed by atoms with Gasteiger partial charge in [0.15, 0.2) is 6.61 Å². The molecule has 21 heavy (non-hydrogen) atoms. The van der Waals surface area contributed by atoms with Gasteiger partial charge >= 0.3 is 0 Å². The predicted molar refractivity (Wildman–Crippen MR) is 82.4 cm³/mol. The van der Waals surface area contributed by atoms with Crippen molar-refractivity contribution in [1.82, 2.24) is 4.90 Å². The lowest BCUT2D eigenvalue weighted by atomic mass is 9.82. The normalized spacial score (nSPS) is 21.0. The fraction of sp³-hybridized carbons (Fsp3) is 0.588. The zero-order chi connectivity index (χ0) is 15.4. The number of carbonyl (C=O) groups excluding carboxylic acids is 1. The van der Waals surface area contributed by atoms with Crippen molar-refractivity contribution in [2.45, 2.75) is 38.7 Å². The van der Waals surface area contributed by atoms with E-state index in [0.29, 0.717) is 18.4 Å². The lowest BCUT2D eigenvalue weighted by Gasteiger charge is -2.34. The molecule has 116 valence electrons. The Morgan fingerprint density at radius 2 is 1.95 bits per heavy atom. The summed E-state index contributed by atoms with van der Waals surface area (Å²) in [4.78, 5) is 13.7. The van der Waals surface area contributed by atoms with Gasteiger partial charge in [0.2, 0.25) is 0 Å². The molecule has 0 atom stereocenters. The lowest BCUT2D eigenvalue weighted by Crippen LogP contribution is -2.41. The summed E-state index contributed by atoms with van der Waals surface area (Å²) >= 11 is 0. The molecule has 1 N–H and O–H groups in total. The predicted octanol–water partition coefficient (Wildman–Crippen LogP) is 2.42. The number of nitrogens with zero attached hydrogens (tertiary/aromatic N) is 1. The molecule has 1 saturated carbocycles. The molecule has 0 unspecified atom stereocenters. The van der Waals surface area contributed by atoms with E-state index in [0.717, 1.165) is 18.6 Å². The number of amides is 1. The third-order valence-electron chi connectivity index (χ3n) is 4.08. The monoisotopic (exact) mass is 291 g/mol. The SMILES string of the molecule is CC(C)c1ccc(OCC(=O)N(C)CC2CC(O)C2)cc1. The number of benzene rings is 1. The van der Waals surface area contributed by atoms with Gasteiger partial charge in [-0.05, 0) is 42.4 Å². The first-order valence-corrected chi connectivity index (χ1v) is 7.60. The van der Waals surface area contributed by atoms with Crippen LogP contribution in [0.3, 0.4) is 0 Å². The molecule has 2 rings (SSSR count). The van der Waals surface area contributed by atoms with Gasteiger partial charge in [0.25, 0.3) is 5.91 Å². The minimum absolute atomic E-state index is 0.0238. The zero-order valence-electron chi connectivity index (χ0n) is 13.1. The number of aliphatic hydroxyl groups is 1. The summed E-state index contributed by atoms with van der Waals surface area (Å²) < 4.78 is 5.54. The van der Waals surface area contributed by atoms with Crippen LogP contribution in [0.15, 0.2) is 24.3 Å². The Labute approximate surface area is 126 Å². The Morgan fingerprint density at radius 1 is 1.33 bits per heavy atom. The summed E-state index contributed by atoms with van der Waals surface area (Å²) in [6, 6.07) is 7.88. The van der Waals surface area contributed by atoms with Crippen LogP contribution in [0.2, 0.25) is 0 Å². The second-order valence-corrected chi connectivity index (χ2v) is 6.28. The Morgan fingerprint density at radius 3 is 2.48 bits per heavy atom. The highest BCUT2D eigenvalue weighted by Crippen LogP contribution is 2.27. The second-order valence-electron chi connectivity index (χ2n) is 6.28. The zero-order valence-corrected chi connectivity index (χ0v) is 13.1. The van der Waals surface area contributed by atoms with Crippen LogP contribution >= 0.6 is 0 Å². The van der Waals surface area contributed by atoms with Crippen LogP contribution < -0.4 is 4.74 Å². The fourth-order valence-electron chi connectivity index (χ4n) is 2.54. The highest BCUT2D eigenvalue weighted by Gasteiger charge is 2.29. The van der Waals surface area contributed by atoms with Gasteiger partial charge in [-0.25, -0.2) is 0 Å². The van der Waals surface area contributed by atoms with Gasteiger partial charge < -0.3 is 14.7 Å². The molecular weight excluding hydrogens is 266 g/mol. The van der Waals surface area contributed by atoms with Gasteiger partial charge in [0.05, 0.1) is 6.10 Å². The summed E-state index contributed by atoms with van der Waals surface area (Å²) in [5.41, 5.74) is 1.26. The maximum absolute atomic E-state index is 12.0. The van der Waals surface area contributed by atoms with E-state index in [4.69, 9.17) is 4.74 Å². The molecule has 0 radical (unpaired) electrons. The molecule has 0 heterocycles. The van der Waals surface area contributed by atoms with E-state index in [1.54, 1.807) is 11.9 Å². The molecular formula is C17H25NO3. The van der Waals surface area contributed by atoms with Crippen LogP contribution in [0.4, 0.5) is 0 Å². The van der Waals surface area contributed by atoms with Crippen LogP contribution in [0.1, 0.15) is 38.2 Å². The van der Waals surface area contributed by atoms with E-state index in [9.17, 15) is 9.90 Å². The topological polar surface area (TPSA) is 49.8 Å². The van der Waals surface area contributed by atoms with Crippen molar-refractivity contribution in [1.29, 1.82) is 0 Å². The van der Waals surface area contributed by atoms with Gasteiger partial charge in [-0.15, -0.1) is 0 Å². The first kappa shape index (κ1) is 15.8. The fourth-order valence-corrected chi connectivity index (χ4v) is 2.54. The standard InChI is InChI=1S/C17H25NO3/c1-12(2)14-4-6-16(7-5-14)21-11-17(20)18(3)10-13-8-15(19)9-13/h4-7,12-13,15,19H,8-11H2,1-3H3. The van der Waals surface area contributed by atoms with E-state index in [-0.39, 0.29) is 18.6 Å². The molecule has 0 aromatic heterocycles. The van der Waals surface area contributed by atoms with Crippen LogP contribution in [-0.2, 0) is 4.79 Å². The molecule has 1 amide bonds. The molecule has 4 heteroatoms. The van der Waals surface area contributed by atoms with Crippen LogP contribution in [0.25, 0.3) is 0 Å². The smallest absolute Gasteiger partial charge is 0.260 e. The molecule has 0 spiro atoms. The molecule has 0 saturated heterocycles. The molecule has 1 aromatic rings. The maximum Gasteiger partial charge on any atom is 0.260 e. The van der Waals surface area contributed by atoms with E-state index in [1.807, 2.05) is 24.3 Å².